The van der Waals surface area contributed by atoms with Crippen molar-refractivity contribution in [1.29, 1.82) is 0 Å². The van der Waals surface area contributed by atoms with Crippen molar-refractivity contribution >= 4 is 0 Å². The van der Waals surface area contributed by atoms with Gasteiger partial charge in [-0.3, -0.25) is 0 Å². The molecular formula is C13H17FO2. The quantitative estimate of drug-likeness (QED) is 0.836. The van der Waals surface area contributed by atoms with Crippen molar-refractivity contribution in [2.75, 3.05) is 0 Å². The summed E-state index contributed by atoms with van der Waals surface area (Å²) in [6.45, 7) is 4.20. The van der Waals surface area contributed by atoms with E-state index in [4.69, 9.17) is 4.74 Å². The maximum atomic E-state index is 13.0. The number of fused-ring (bicyclic) bond motifs is 1. The molecule has 2 nitrogen and oxygen atoms in total. The van der Waals surface area contributed by atoms with Crippen molar-refractivity contribution in [2.24, 2.45) is 5.92 Å². The lowest BCUT2D eigenvalue weighted by atomic mass is 9.91. The van der Waals surface area contributed by atoms with Crippen LogP contribution in [0.1, 0.15) is 38.4 Å². The molecule has 1 aromatic rings. The smallest absolute Gasteiger partial charge is 0.125 e. The normalized spacial score (nSPS) is 25.8. The third kappa shape index (κ3) is 2.05. The van der Waals surface area contributed by atoms with Gasteiger partial charge < -0.3 is 9.84 Å². The molecule has 1 aliphatic rings. The average molecular weight is 224 g/mol. The summed E-state index contributed by atoms with van der Waals surface area (Å²) in [5, 5.41) is 9.95. The van der Waals surface area contributed by atoms with Gasteiger partial charge in [0.15, 0.2) is 0 Å². The van der Waals surface area contributed by atoms with Crippen molar-refractivity contribution in [1.82, 2.24) is 0 Å². The molecular weight excluding hydrogens is 207 g/mol. The van der Waals surface area contributed by atoms with E-state index < -0.39 is 6.10 Å². The second kappa shape index (κ2) is 4.42. The zero-order valence-electron chi connectivity index (χ0n) is 9.61. The van der Waals surface area contributed by atoms with Crippen LogP contribution in [0.15, 0.2) is 18.2 Å². The van der Waals surface area contributed by atoms with Crippen LogP contribution in [0, 0.1) is 11.7 Å². The van der Waals surface area contributed by atoms with Crippen molar-refractivity contribution in [2.45, 2.75) is 38.9 Å². The number of aliphatic hydroxyl groups is 1. The minimum atomic E-state index is -0.613. The first-order chi connectivity index (χ1) is 7.61. The van der Waals surface area contributed by atoms with Crippen molar-refractivity contribution in [3.8, 4) is 5.75 Å². The van der Waals surface area contributed by atoms with Crippen molar-refractivity contribution in [3.63, 3.8) is 0 Å². The van der Waals surface area contributed by atoms with Crippen LogP contribution >= 0.6 is 0 Å². The fraction of sp³-hybridized carbons (Fsp3) is 0.538. The zero-order chi connectivity index (χ0) is 11.7. The number of hydrogen-bond donors (Lipinski definition) is 1. The standard InChI is InChI=1S/C13H17FO2/c1-3-8(2)13-7-11(15)10-6-9(14)4-5-12(10)16-13/h4-6,8,11,13,15H,3,7H2,1-2H3/t8?,11-,13?/m0/s1. The first-order valence-electron chi connectivity index (χ1n) is 5.76. The maximum Gasteiger partial charge on any atom is 0.125 e. The molecule has 1 aromatic carbocycles. The van der Waals surface area contributed by atoms with E-state index in [0.29, 0.717) is 23.7 Å². The van der Waals surface area contributed by atoms with Gasteiger partial charge in [0, 0.05) is 12.0 Å². The molecule has 3 heteroatoms. The number of ether oxygens (including phenoxy) is 1. The van der Waals surface area contributed by atoms with E-state index in [9.17, 15) is 9.50 Å². The Hall–Kier alpha value is -1.09. The van der Waals surface area contributed by atoms with Crippen molar-refractivity contribution in [3.05, 3.63) is 29.6 Å². The van der Waals surface area contributed by atoms with Crippen LogP contribution in [0.3, 0.4) is 0 Å². The first-order valence-corrected chi connectivity index (χ1v) is 5.76. The minimum Gasteiger partial charge on any atom is -0.490 e. The molecule has 1 aliphatic heterocycles. The molecule has 16 heavy (non-hydrogen) atoms. The van der Waals surface area contributed by atoms with Gasteiger partial charge in [-0.2, -0.15) is 0 Å². The molecule has 88 valence electrons. The van der Waals surface area contributed by atoms with E-state index in [0.717, 1.165) is 6.42 Å². The predicted octanol–water partition coefficient (Wildman–Crippen LogP) is 3.06. The van der Waals surface area contributed by atoms with Crippen LogP contribution in [0.5, 0.6) is 5.75 Å². The van der Waals surface area contributed by atoms with Gasteiger partial charge >= 0.3 is 0 Å². The number of benzene rings is 1. The number of aliphatic hydroxyl groups excluding tert-OH is 1. The lowest BCUT2D eigenvalue weighted by molar-refractivity contribution is 0.0372. The van der Waals surface area contributed by atoms with Crippen LogP contribution in [-0.2, 0) is 0 Å². The summed E-state index contributed by atoms with van der Waals surface area (Å²) in [5.41, 5.74) is 0.569. The van der Waals surface area contributed by atoms with E-state index in [2.05, 4.69) is 13.8 Å². The molecule has 2 rings (SSSR count). The lowest BCUT2D eigenvalue weighted by Crippen LogP contribution is -2.31. The topological polar surface area (TPSA) is 29.5 Å². The lowest BCUT2D eigenvalue weighted by Gasteiger charge is -2.32. The van der Waals surface area contributed by atoms with Gasteiger partial charge in [-0.25, -0.2) is 4.39 Å². The highest BCUT2D eigenvalue weighted by molar-refractivity contribution is 5.37. The van der Waals surface area contributed by atoms with Gasteiger partial charge in [-0.15, -0.1) is 0 Å². The van der Waals surface area contributed by atoms with Crippen LogP contribution in [0.4, 0.5) is 4.39 Å². The molecule has 0 saturated heterocycles. The summed E-state index contributed by atoms with van der Waals surface area (Å²) in [7, 11) is 0. The minimum absolute atomic E-state index is 0.0259. The number of hydrogen-bond acceptors (Lipinski definition) is 2. The van der Waals surface area contributed by atoms with Crippen LogP contribution in [0.2, 0.25) is 0 Å². The molecule has 0 bridgehead atoms. The van der Waals surface area contributed by atoms with Gasteiger partial charge in [0.2, 0.25) is 0 Å². The summed E-state index contributed by atoms with van der Waals surface area (Å²) in [6, 6.07) is 4.32. The summed E-state index contributed by atoms with van der Waals surface area (Å²) in [6.07, 6.45) is 0.968. The highest BCUT2D eigenvalue weighted by atomic mass is 19.1. The average Bonchev–Trinajstić information content (AvgIpc) is 2.28. The molecule has 0 fully saturated rings. The van der Waals surface area contributed by atoms with Gasteiger partial charge in [-0.1, -0.05) is 20.3 Å². The molecule has 0 amide bonds. The Labute approximate surface area is 95.1 Å². The molecule has 0 spiro atoms. The predicted molar refractivity (Wildman–Crippen MR) is 59.8 cm³/mol. The van der Waals surface area contributed by atoms with Crippen LogP contribution in [-0.4, -0.2) is 11.2 Å². The summed E-state index contributed by atoms with van der Waals surface area (Å²) in [5.74, 6) is 0.682. The van der Waals surface area contributed by atoms with Crippen LogP contribution in [0.25, 0.3) is 0 Å². The second-order valence-electron chi connectivity index (χ2n) is 4.48. The maximum absolute atomic E-state index is 13.0. The molecule has 3 atom stereocenters. The monoisotopic (exact) mass is 224 g/mol. The van der Waals surface area contributed by atoms with Gasteiger partial charge in [-0.05, 0) is 24.1 Å². The molecule has 0 radical (unpaired) electrons. The van der Waals surface area contributed by atoms with E-state index in [-0.39, 0.29) is 11.9 Å². The SMILES string of the molecule is CCC(C)C1C[C@H](O)c2cc(F)ccc2O1. The Morgan fingerprint density at radius 2 is 2.31 bits per heavy atom. The highest BCUT2D eigenvalue weighted by Gasteiger charge is 2.29. The fourth-order valence-corrected chi connectivity index (χ4v) is 2.06. The molecule has 2 unspecified atom stereocenters. The Balaban J connectivity index is 2.26. The Morgan fingerprint density at radius 3 is 3.00 bits per heavy atom. The van der Waals surface area contributed by atoms with Gasteiger partial charge in [0.25, 0.3) is 0 Å². The molecule has 0 aromatic heterocycles. The van der Waals surface area contributed by atoms with Gasteiger partial charge in [0.1, 0.15) is 17.7 Å². The van der Waals surface area contributed by atoms with Crippen molar-refractivity contribution < 1.29 is 14.2 Å². The Kier molecular flexibility index (Phi) is 3.15. The molecule has 1 heterocycles. The highest BCUT2D eigenvalue weighted by Crippen LogP contribution is 2.37. The largest absolute Gasteiger partial charge is 0.490 e. The fourth-order valence-electron chi connectivity index (χ4n) is 2.06. The second-order valence-corrected chi connectivity index (χ2v) is 4.48. The number of halogens is 1. The van der Waals surface area contributed by atoms with E-state index in [1.165, 1.54) is 12.1 Å². The Morgan fingerprint density at radius 1 is 1.56 bits per heavy atom. The summed E-state index contributed by atoms with van der Waals surface area (Å²) < 4.78 is 18.8. The first kappa shape index (κ1) is 11.4. The Bertz CT molecular complexity index is 378. The van der Waals surface area contributed by atoms with Crippen LogP contribution < -0.4 is 4.74 Å². The zero-order valence-corrected chi connectivity index (χ0v) is 9.61. The molecule has 0 aliphatic carbocycles. The summed E-state index contributed by atoms with van der Waals surface area (Å²) >= 11 is 0. The van der Waals surface area contributed by atoms with Gasteiger partial charge in [0.05, 0.1) is 6.10 Å². The third-order valence-corrected chi connectivity index (χ3v) is 3.34. The number of rotatable bonds is 2. The molecule has 1 N–H and O–H groups in total. The summed E-state index contributed by atoms with van der Waals surface area (Å²) in [4.78, 5) is 0. The molecule has 0 saturated carbocycles. The third-order valence-electron chi connectivity index (χ3n) is 3.34. The van der Waals surface area contributed by atoms with E-state index in [1.54, 1.807) is 6.07 Å². The van der Waals surface area contributed by atoms with E-state index >= 15 is 0 Å². The van der Waals surface area contributed by atoms with E-state index in [1.807, 2.05) is 0 Å².